The van der Waals surface area contributed by atoms with E-state index in [1.165, 1.54) is 6.42 Å². The van der Waals surface area contributed by atoms with Gasteiger partial charge in [-0.15, -0.1) is 0 Å². The van der Waals surface area contributed by atoms with Crippen molar-refractivity contribution in [2.75, 3.05) is 6.54 Å². The van der Waals surface area contributed by atoms with Crippen LogP contribution in [0.2, 0.25) is 0 Å². The predicted molar refractivity (Wildman–Crippen MR) is 43.9 cm³/mol. The lowest BCUT2D eigenvalue weighted by molar-refractivity contribution is -0.118. The Bertz CT molecular complexity index is 204. The van der Waals surface area contributed by atoms with Crippen LogP contribution < -0.4 is 0 Å². The summed E-state index contributed by atoms with van der Waals surface area (Å²) in [4.78, 5) is 15.7. The maximum Gasteiger partial charge on any atom is 0.179 e. The van der Waals surface area contributed by atoms with Gasteiger partial charge in [0.1, 0.15) is 0 Å². The third-order valence-corrected chi connectivity index (χ3v) is 2.63. The number of aliphatic imine (C=N–C) groups is 1. The molecule has 0 amide bonds. The second kappa shape index (κ2) is 2.76. The molecule has 0 atom stereocenters. The number of ketones is 1. The van der Waals surface area contributed by atoms with Gasteiger partial charge in [0, 0.05) is 12.5 Å². The molecular weight excluding hydrogens is 138 g/mol. The molecule has 1 aliphatic carbocycles. The van der Waals surface area contributed by atoms with Gasteiger partial charge in [0.2, 0.25) is 0 Å². The van der Waals surface area contributed by atoms with Crippen molar-refractivity contribution in [3.8, 4) is 0 Å². The molecule has 0 saturated heterocycles. The van der Waals surface area contributed by atoms with Gasteiger partial charge >= 0.3 is 0 Å². The maximum atomic E-state index is 11.5. The summed E-state index contributed by atoms with van der Waals surface area (Å²) in [6.45, 7) is 0.883. The van der Waals surface area contributed by atoms with Crippen LogP contribution >= 0.6 is 0 Å². The zero-order chi connectivity index (χ0) is 7.68. The topological polar surface area (TPSA) is 29.4 Å². The third-order valence-electron chi connectivity index (χ3n) is 2.63. The van der Waals surface area contributed by atoms with E-state index in [-0.39, 0.29) is 0 Å². The van der Waals surface area contributed by atoms with E-state index in [2.05, 4.69) is 4.99 Å². The molecule has 11 heavy (non-hydrogen) atoms. The van der Waals surface area contributed by atoms with E-state index in [4.69, 9.17) is 0 Å². The highest BCUT2D eigenvalue weighted by Gasteiger charge is 2.29. The lowest BCUT2D eigenvalue weighted by Gasteiger charge is -2.23. The predicted octanol–water partition coefficient (Wildman–Crippen LogP) is 1.59. The molecule has 0 spiro atoms. The molecule has 0 aromatic carbocycles. The molecule has 0 radical (unpaired) electrons. The molecule has 2 aliphatic rings. The van der Waals surface area contributed by atoms with Gasteiger partial charge in [-0.1, -0.05) is 6.42 Å². The average Bonchev–Trinajstić information content (AvgIpc) is 2.32. The first-order chi connectivity index (χ1) is 5.38. The Morgan fingerprint density at radius 2 is 2.18 bits per heavy atom. The summed E-state index contributed by atoms with van der Waals surface area (Å²) >= 11 is 0. The van der Waals surface area contributed by atoms with Crippen LogP contribution in [0, 0.1) is 5.92 Å². The first kappa shape index (κ1) is 7.01. The van der Waals surface area contributed by atoms with E-state index < -0.39 is 0 Å². The fraction of sp³-hybridized carbons (Fsp3) is 0.778. The molecule has 1 fully saturated rings. The summed E-state index contributed by atoms with van der Waals surface area (Å²) in [5.41, 5.74) is 0.884. The summed E-state index contributed by atoms with van der Waals surface area (Å²) in [6.07, 6.45) is 5.49. The van der Waals surface area contributed by atoms with Gasteiger partial charge < -0.3 is 0 Å². The van der Waals surface area contributed by atoms with Crippen LogP contribution in [0.15, 0.2) is 4.99 Å². The van der Waals surface area contributed by atoms with Crippen LogP contribution in [0.25, 0.3) is 0 Å². The highest BCUT2D eigenvalue weighted by atomic mass is 16.1. The molecule has 0 unspecified atom stereocenters. The lowest BCUT2D eigenvalue weighted by atomic mass is 9.80. The minimum absolute atomic E-state index is 0.354. The van der Waals surface area contributed by atoms with Crippen LogP contribution in [-0.2, 0) is 4.79 Å². The van der Waals surface area contributed by atoms with Crippen molar-refractivity contribution >= 4 is 11.5 Å². The minimum atomic E-state index is 0.354. The summed E-state index contributed by atoms with van der Waals surface area (Å²) in [6, 6.07) is 0. The van der Waals surface area contributed by atoms with Crippen LogP contribution in [-0.4, -0.2) is 18.0 Å². The fourth-order valence-electron chi connectivity index (χ4n) is 1.65. The number of hydrogen-bond acceptors (Lipinski definition) is 2. The van der Waals surface area contributed by atoms with Gasteiger partial charge in [0.15, 0.2) is 5.78 Å². The molecule has 1 aliphatic heterocycles. The molecule has 0 aromatic rings. The Morgan fingerprint density at radius 3 is 2.64 bits per heavy atom. The molecular formula is C9H13NO. The number of Topliss-reactive ketones (excluding diaryl/α,β-unsaturated/α-hetero) is 1. The second-order valence-electron chi connectivity index (χ2n) is 3.42. The van der Waals surface area contributed by atoms with E-state index in [0.717, 1.165) is 37.9 Å². The SMILES string of the molecule is O=C(C1=NCCC1)C1CCC1. The Hall–Kier alpha value is -0.660. The van der Waals surface area contributed by atoms with Crippen LogP contribution in [0.1, 0.15) is 32.1 Å². The fourth-order valence-corrected chi connectivity index (χ4v) is 1.65. The summed E-state index contributed by atoms with van der Waals surface area (Å²) in [5.74, 6) is 0.709. The van der Waals surface area contributed by atoms with Crippen molar-refractivity contribution in [3.63, 3.8) is 0 Å². The van der Waals surface area contributed by atoms with Gasteiger partial charge in [0.05, 0.1) is 5.71 Å². The molecule has 0 bridgehead atoms. The minimum Gasteiger partial charge on any atom is -0.293 e. The molecule has 0 N–H and O–H groups in total. The lowest BCUT2D eigenvalue weighted by Crippen LogP contribution is -2.27. The number of carbonyl (C=O) groups excluding carboxylic acids is 1. The maximum absolute atomic E-state index is 11.5. The molecule has 2 rings (SSSR count). The first-order valence-electron chi connectivity index (χ1n) is 4.45. The van der Waals surface area contributed by atoms with Crippen molar-refractivity contribution in [1.29, 1.82) is 0 Å². The third kappa shape index (κ3) is 1.22. The smallest absolute Gasteiger partial charge is 0.179 e. The van der Waals surface area contributed by atoms with Gasteiger partial charge in [0.25, 0.3) is 0 Å². The van der Waals surface area contributed by atoms with Crippen molar-refractivity contribution in [3.05, 3.63) is 0 Å². The van der Waals surface area contributed by atoms with Crippen LogP contribution in [0.3, 0.4) is 0 Å². The van der Waals surface area contributed by atoms with Crippen molar-refractivity contribution in [1.82, 2.24) is 0 Å². The van der Waals surface area contributed by atoms with Crippen LogP contribution in [0.4, 0.5) is 0 Å². The highest BCUT2D eigenvalue weighted by molar-refractivity contribution is 6.41. The number of carbonyl (C=O) groups is 1. The number of rotatable bonds is 2. The zero-order valence-electron chi connectivity index (χ0n) is 6.68. The molecule has 2 heteroatoms. The standard InChI is InChI=1S/C9H13NO/c11-9(7-3-1-4-7)8-5-2-6-10-8/h7H,1-6H2. The summed E-state index contributed by atoms with van der Waals surface area (Å²) < 4.78 is 0. The van der Waals surface area contributed by atoms with E-state index >= 15 is 0 Å². The Balaban J connectivity index is 1.97. The monoisotopic (exact) mass is 151 g/mol. The largest absolute Gasteiger partial charge is 0.293 e. The van der Waals surface area contributed by atoms with Crippen molar-refractivity contribution in [2.24, 2.45) is 10.9 Å². The van der Waals surface area contributed by atoms with Gasteiger partial charge in [-0.25, -0.2) is 0 Å². The van der Waals surface area contributed by atoms with Gasteiger partial charge in [-0.3, -0.25) is 9.79 Å². The van der Waals surface area contributed by atoms with Gasteiger partial charge in [-0.2, -0.15) is 0 Å². The molecule has 0 aromatic heterocycles. The van der Waals surface area contributed by atoms with E-state index in [1.54, 1.807) is 0 Å². The molecule has 1 heterocycles. The van der Waals surface area contributed by atoms with Crippen LogP contribution in [0.5, 0.6) is 0 Å². The highest BCUT2D eigenvalue weighted by Crippen LogP contribution is 2.28. The summed E-state index contributed by atoms with van der Waals surface area (Å²) in [7, 11) is 0. The van der Waals surface area contributed by atoms with E-state index in [9.17, 15) is 4.79 Å². The Labute approximate surface area is 66.7 Å². The quantitative estimate of drug-likeness (QED) is 0.589. The summed E-state index contributed by atoms with van der Waals surface area (Å²) in [5, 5.41) is 0. The van der Waals surface area contributed by atoms with Crippen molar-refractivity contribution in [2.45, 2.75) is 32.1 Å². The van der Waals surface area contributed by atoms with E-state index in [1.807, 2.05) is 0 Å². The molecule has 60 valence electrons. The first-order valence-corrected chi connectivity index (χ1v) is 4.45. The second-order valence-corrected chi connectivity index (χ2v) is 3.42. The normalized spacial score (nSPS) is 24.5. The Morgan fingerprint density at radius 1 is 1.36 bits per heavy atom. The number of hydrogen-bond donors (Lipinski definition) is 0. The average molecular weight is 151 g/mol. The van der Waals surface area contributed by atoms with Gasteiger partial charge in [-0.05, 0) is 25.7 Å². The van der Waals surface area contributed by atoms with Crippen molar-refractivity contribution < 1.29 is 4.79 Å². The number of nitrogens with zero attached hydrogens (tertiary/aromatic N) is 1. The van der Waals surface area contributed by atoms with E-state index in [0.29, 0.717) is 11.7 Å². The Kier molecular flexibility index (Phi) is 1.76. The molecule has 1 saturated carbocycles. The zero-order valence-corrected chi connectivity index (χ0v) is 6.68. The molecule has 2 nitrogen and oxygen atoms in total.